The summed E-state index contributed by atoms with van der Waals surface area (Å²) >= 11 is 0. The van der Waals surface area contributed by atoms with Crippen LogP contribution < -0.4 is 5.32 Å². The second-order valence-corrected chi connectivity index (χ2v) is 2.60. The van der Waals surface area contributed by atoms with Gasteiger partial charge in [0.15, 0.2) is 0 Å². The number of hydrogen-bond acceptors (Lipinski definition) is 3. The molecule has 1 rings (SSSR count). The Balaban J connectivity index is 2.69. The van der Waals surface area contributed by atoms with Crippen LogP contribution in [0.1, 0.15) is 13.8 Å². The molecule has 0 aromatic carbocycles. The fourth-order valence-corrected chi connectivity index (χ4v) is 0.603. The van der Waals surface area contributed by atoms with Crippen molar-refractivity contribution in [2.24, 2.45) is 0 Å². The van der Waals surface area contributed by atoms with Crippen molar-refractivity contribution < 1.29 is 14.6 Å². The number of ether oxygens (including phenoxy) is 1. The lowest BCUT2D eigenvalue weighted by atomic mass is 10.1. The Kier molecular flexibility index (Phi) is 1.13. The van der Waals surface area contributed by atoms with Crippen molar-refractivity contribution in [1.82, 2.24) is 5.32 Å². The molecule has 0 saturated carbocycles. The van der Waals surface area contributed by atoms with E-state index in [1.54, 1.807) is 13.8 Å². The molecule has 0 bridgehead atoms. The van der Waals surface area contributed by atoms with Gasteiger partial charge >= 0.3 is 6.09 Å². The largest absolute Gasteiger partial charge is 0.417 e. The first-order valence-electron chi connectivity index (χ1n) is 2.69. The minimum Gasteiger partial charge on any atom is -0.417 e. The van der Waals surface area contributed by atoms with Gasteiger partial charge in [-0.1, -0.05) is 0 Å². The standard InChI is InChI=1S/C5H9NO3/c1-5(2)3(7)9-4(8)6-5/h3,7H,1-2H3,(H,6,8). The number of hydrogen-bond donors (Lipinski definition) is 2. The average molecular weight is 131 g/mol. The summed E-state index contributed by atoms with van der Waals surface area (Å²) in [5, 5.41) is 11.4. The number of alkyl carbamates (subject to hydrolysis) is 1. The Morgan fingerprint density at radius 3 is 2.44 bits per heavy atom. The SMILES string of the molecule is CC1(C)NC(=O)OC1O. The third-order valence-electron chi connectivity index (χ3n) is 1.26. The molecule has 9 heavy (non-hydrogen) atoms. The normalized spacial score (nSPS) is 31.4. The van der Waals surface area contributed by atoms with Crippen LogP contribution in [0, 0.1) is 0 Å². The number of amides is 1. The molecule has 1 saturated heterocycles. The Labute approximate surface area is 52.8 Å². The summed E-state index contributed by atoms with van der Waals surface area (Å²) in [4.78, 5) is 10.4. The van der Waals surface area contributed by atoms with Crippen LogP contribution in [0.15, 0.2) is 0 Å². The van der Waals surface area contributed by atoms with E-state index in [4.69, 9.17) is 5.11 Å². The third kappa shape index (κ3) is 0.977. The van der Waals surface area contributed by atoms with Crippen molar-refractivity contribution in [3.05, 3.63) is 0 Å². The monoisotopic (exact) mass is 131 g/mol. The molecule has 4 nitrogen and oxygen atoms in total. The van der Waals surface area contributed by atoms with E-state index in [9.17, 15) is 4.79 Å². The van der Waals surface area contributed by atoms with Crippen molar-refractivity contribution in [2.45, 2.75) is 25.7 Å². The van der Waals surface area contributed by atoms with E-state index in [2.05, 4.69) is 10.1 Å². The van der Waals surface area contributed by atoms with E-state index in [-0.39, 0.29) is 0 Å². The van der Waals surface area contributed by atoms with Crippen molar-refractivity contribution in [3.63, 3.8) is 0 Å². The molecule has 0 spiro atoms. The van der Waals surface area contributed by atoms with E-state index < -0.39 is 17.9 Å². The zero-order valence-corrected chi connectivity index (χ0v) is 5.34. The third-order valence-corrected chi connectivity index (χ3v) is 1.26. The Morgan fingerprint density at radius 2 is 2.33 bits per heavy atom. The molecule has 4 heteroatoms. The molecule has 1 amide bonds. The summed E-state index contributed by atoms with van der Waals surface area (Å²) in [5.74, 6) is 0. The highest BCUT2D eigenvalue weighted by Gasteiger charge is 2.39. The summed E-state index contributed by atoms with van der Waals surface area (Å²) in [6, 6.07) is 0. The van der Waals surface area contributed by atoms with Crippen LogP contribution in [0.5, 0.6) is 0 Å². The van der Waals surface area contributed by atoms with Gasteiger partial charge < -0.3 is 15.2 Å². The maximum atomic E-state index is 10.4. The first-order valence-corrected chi connectivity index (χ1v) is 2.69. The van der Waals surface area contributed by atoms with E-state index in [1.165, 1.54) is 0 Å². The Hall–Kier alpha value is -0.770. The predicted octanol–water partition coefficient (Wildman–Crippen LogP) is -0.177. The molecular weight excluding hydrogens is 122 g/mol. The number of aliphatic hydroxyl groups excluding tert-OH is 1. The number of carbonyl (C=O) groups excluding carboxylic acids is 1. The van der Waals surface area contributed by atoms with E-state index in [1.807, 2.05) is 0 Å². The van der Waals surface area contributed by atoms with Crippen molar-refractivity contribution >= 4 is 6.09 Å². The first-order chi connectivity index (χ1) is 4.02. The maximum absolute atomic E-state index is 10.4. The molecule has 0 radical (unpaired) electrons. The van der Waals surface area contributed by atoms with Gasteiger partial charge in [-0.2, -0.15) is 0 Å². The molecule has 1 aliphatic rings. The van der Waals surface area contributed by atoms with Crippen LogP contribution in [-0.4, -0.2) is 23.0 Å². The minimum atomic E-state index is -1.02. The van der Waals surface area contributed by atoms with Crippen LogP contribution >= 0.6 is 0 Å². The topological polar surface area (TPSA) is 58.6 Å². The quantitative estimate of drug-likeness (QED) is 0.479. The molecule has 2 N–H and O–H groups in total. The smallest absolute Gasteiger partial charge is 0.410 e. The molecule has 0 aromatic rings. The van der Waals surface area contributed by atoms with Crippen LogP contribution in [-0.2, 0) is 4.74 Å². The van der Waals surface area contributed by atoms with Gasteiger partial charge in [0, 0.05) is 0 Å². The van der Waals surface area contributed by atoms with Gasteiger partial charge in [-0.3, -0.25) is 0 Å². The molecule has 1 heterocycles. The fourth-order valence-electron chi connectivity index (χ4n) is 0.603. The molecular formula is C5H9NO3. The number of cyclic esters (lactones) is 1. The Bertz CT molecular complexity index is 143. The zero-order chi connectivity index (χ0) is 7.07. The molecule has 1 fully saturated rings. The molecule has 0 aliphatic carbocycles. The second kappa shape index (κ2) is 1.60. The summed E-state index contributed by atoms with van der Waals surface area (Å²) in [6.07, 6.45) is -1.59. The van der Waals surface area contributed by atoms with Gasteiger partial charge in [-0.15, -0.1) is 0 Å². The van der Waals surface area contributed by atoms with Gasteiger partial charge in [0.05, 0.1) is 5.54 Å². The molecule has 52 valence electrons. The van der Waals surface area contributed by atoms with Crippen LogP contribution in [0.25, 0.3) is 0 Å². The first kappa shape index (κ1) is 6.35. The molecule has 1 atom stereocenters. The van der Waals surface area contributed by atoms with Gasteiger partial charge in [-0.25, -0.2) is 4.79 Å². The highest BCUT2D eigenvalue weighted by Crippen LogP contribution is 2.16. The number of nitrogens with one attached hydrogen (secondary N) is 1. The average Bonchev–Trinajstić information content (AvgIpc) is 1.79. The minimum absolute atomic E-state index is 0.562. The van der Waals surface area contributed by atoms with Gasteiger partial charge in [-0.05, 0) is 13.8 Å². The van der Waals surface area contributed by atoms with Crippen molar-refractivity contribution in [2.75, 3.05) is 0 Å². The van der Waals surface area contributed by atoms with E-state index in [0.717, 1.165) is 0 Å². The van der Waals surface area contributed by atoms with Crippen LogP contribution in [0.3, 0.4) is 0 Å². The van der Waals surface area contributed by atoms with E-state index in [0.29, 0.717) is 0 Å². The summed E-state index contributed by atoms with van der Waals surface area (Å²) < 4.78 is 4.38. The summed E-state index contributed by atoms with van der Waals surface area (Å²) in [5.41, 5.74) is -0.642. The lowest BCUT2D eigenvalue weighted by Gasteiger charge is -2.17. The summed E-state index contributed by atoms with van der Waals surface area (Å²) in [7, 11) is 0. The molecule has 1 unspecified atom stereocenters. The number of rotatable bonds is 0. The zero-order valence-electron chi connectivity index (χ0n) is 5.34. The van der Waals surface area contributed by atoms with Crippen molar-refractivity contribution in [1.29, 1.82) is 0 Å². The van der Waals surface area contributed by atoms with Gasteiger partial charge in [0.25, 0.3) is 0 Å². The van der Waals surface area contributed by atoms with E-state index >= 15 is 0 Å². The van der Waals surface area contributed by atoms with Crippen LogP contribution in [0.2, 0.25) is 0 Å². The molecule has 0 aromatic heterocycles. The van der Waals surface area contributed by atoms with Crippen LogP contribution in [0.4, 0.5) is 4.79 Å². The predicted molar refractivity (Wildman–Crippen MR) is 29.7 cm³/mol. The highest BCUT2D eigenvalue weighted by atomic mass is 16.7. The lowest BCUT2D eigenvalue weighted by Crippen LogP contribution is -2.42. The number of aliphatic hydroxyl groups is 1. The summed E-state index contributed by atoms with van der Waals surface area (Å²) in [6.45, 7) is 3.37. The highest BCUT2D eigenvalue weighted by molar-refractivity contribution is 5.70. The van der Waals surface area contributed by atoms with Crippen molar-refractivity contribution in [3.8, 4) is 0 Å². The second-order valence-electron chi connectivity index (χ2n) is 2.60. The lowest BCUT2D eigenvalue weighted by molar-refractivity contribution is -0.0568. The van der Waals surface area contributed by atoms with Gasteiger partial charge in [0.2, 0.25) is 6.29 Å². The Morgan fingerprint density at radius 1 is 1.78 bits per heavy atom. The molecule has 1 aliphatic heterocycles. The van der Waals surface area contributed by atoms with Gasteiger partial charge in [0.1, 0.15) is 0 Å². The fraction of sp³-hybridized carbons (Fsp3) is 0.800. The maximum Gasteiger partial charge on any atom is 0.410 e. The number of carbonyl (C=O) groups is 1.